The molecule has 4 rings (SSSR count). The molecule has 0 radical (unpaired) electrons. The SMILES string of the molecule is COc1ccc([C@H]2[C@@H]3CN(CCCOc4ccccc4)C[C@@H]3CN2C(C)=O)cc1. The van der Waals surface area contributed by atoms with E-state index in [0.29, 0.717) is 11.8 Å². The molecule has 29 heavy (non-hydrogen) atoms. The summed E-state index contributed by atoms with van der Waals surface area (Å²) in [4.78, 5) is 16.9. The van der Waals surface area contributed by atoms with E-state index in [0.717, 1.165) is 50.7 Å². The Morgan fingerprint density at radius 1 is 1.00 bits per heavy atom. The Hall–Kier alpha value is -2.53. The molecule has 0 unspecified atom stereocenters. The van der Waals surface area contributed by atoms with Crippen molar-refractivity contribution in [3.8, 4) is 11.5 Å². The van der Waals surface area contributed by atoms with Crippen molar-refractivity contribution in [1.82, 2.24) is 9.80 Å². The molecule has 0 N–H and O–H groups in total. The molecule has 154 valence electrons. The summed E-state index contributed by atoms with van der Waals surface area (Å²) in [6, 6.07) is 18.4. The number of likely N-dealkylation sites (tertiary alicyclic amines) is 2. The summed E-state index contributed by atoms with van der Waals surface area (Å²) in [5.74, 6) is 2.98. The number of ether oxygens (including phenoxy) is 2. The number of methoxy groups -OCH3 is 1. The van der Waals surface area contributed by atoms with Crippen molar-refractivity contribution in [3.63, 3.8) is 0 Å². The maximum atomic E-state index is 12.3. The third kappa shape index (κ3) is 4.40. The summed E-state index contributed by atoms with van der Waals surface area (Å²) in [7, 11) is 1.68. The maximum Gasteiger partial charge on any atom is 0.219 e. The van der Waals surface area contributed by atoms with Crippen LogP contribution in [0.2, 0.25) is 0 Å². The van der Waals surface area contributed by atoms with Gasteiger partial charge in [-0.25, -0.2) is 0 Å². The van der Waals surface area contributed by atoms with Gasteiger partial charge in [0.05, 0.1) is 19.8 Å². The Balaban J connectivity index is 1.35. The fourth-order valence-corrected chi connectivity index (χ4v) is 4.87. The average Bonchev–Trinajstić information content (AvgIpc) is 3.30. The van der Waals surface area contributed by atoms with Crippen LogP contribution in [0.5, 0.6) is 11.5 Å². The van der Waals surface area contributed by atoms with Crippen LogP contribution in [-0.4, -0.2) is 55.6 Å². The number of amides is 1. The lowest BCUT2D eigenvalue weighted by molar-refractivity contribution is -0.130. The number of carbonyl (C=O) groups is 1. The lowest BCUT2D eigenvalue weighted by Crippen LogP contribution is -2.34. The van der Waals surface area contributed by atoms with Crippen LogP contribution in [0.1, 0.15) is 24.9 Å². The van der Waals surface area contributed by atoms with E-state index in [4.69, 9.17) is 9.47 Å². The van der Waals surface area contributed by atoms with Gasteiger partial charge in [0.2, 0.25) is 5.91 Å². The van der Waals surface area contributed by atoms with Crippen LogP contribution in [0, 0.1) is 11.8 Å². The van der Waals surface area contributed by atoms with Gasteiger partial charge in [0, 0.05) is 39.0 Å². The zero-order chi connectivity index (χ0) is 20.2. The third-order valence-corrected chi connectivity index (χ3v) is 6.23. The monoisotopic (exact) mass is 394 g/mol. The molecule has 0 spiro atoms. The molecule has 0 aromatic heterocycles. The van der Waals surface area contributed by atoms with Gasteiger partial charge in [-0.05, 0) is 42.2 Å². The van der Waals surface area contributed by atoms with E-state index in [2.05, 4.69) is 21.9 Å². The van der Waals surface area contributed by atoms with Crippen molar-refractivity contribution in [2.75, 3.05) is 39.9 Å². The summed E-state index contributed by atoms with van der Waals surface area (Å²) in [6.45, 7) is 6.42. The summed E-state index contributed by atoms with van der Waals surface area (Å²) >= 11 is 0. The van der Waals surface area contributed by atoms with Crippen LogP contribution in [0.25, 0.3) is 0 Å². The Morgan fingerprint density at radius 2 is 1.76 bits per heavy atom. The molecule has 2 heterocycles. The standard InChI is InChI=1S/C24H30N2O3/c1-18(27)26-16-20-15-25(13-6-14-29-22-7-4-3-5-8-22)17-23(20)24(26)19-9-11-21(28-2)12-10-19/h3-5,7-12,20,23-24H,6,13-17H2,1-2H3/t20-,23-,24+/m1/s1. The second-order valence-electron chi connectivity index (χ2n) is 8.09. The molecule has 2 aromatic carbocycles. The Morgan fingerprint density at radius 3 is 2.45 bits per heavy atom. The Bertz CT molecular complexity index is 809. The van der Waals surface area contributed by atoms with Crippen LogP contribution in [0.4, 0.5) is 0 Å². The summed E-state index contributed by atoms with van der Waals surface area (Å²) in [5.41, 5.74) is 1.21. The van der Waals surface area contributed by atoms with Gasteiger partial charge >= 0.3 is 0 Å². The van der Waals surface area contributed by atoms with Crippen LogP contribution in [-0.2, 0) is 4.79 Å². The van der Waals surface area contributed by atoms with Gasteiger partial charge < -0.3 is 19.3 Å². The normalized spacial score (nSPS) is 23.8. The van der Waals surface area contributed by atoms with Crippen molar-refractivity contribution in [1.29, 1.82) is 0 Å². The smallest absolute Gasteiger partial charge is 0.219 e. The van der Waals surface area contributed by atoms with Gasteiger partial charge in [-0.1, -0.05) is 30.3 Å². The fourth-order valence-electron chi connectivity index (χ4n) is 4.87. The van der Waals surface area contributed by atoms with E-state index in [-0.39, 0.29) is 11.9 Å². The number of fused-ring (bicyclic) bond motifs is 1. The zero-order valence-electron chi connectivity index (χ0n) is 17.3. The second kappa shape index (κ2) is 8.87. The Kier molecular flexibility index (Phi) is 6.05. The first-order chi connectivity index (χ1) is 14.2. The Labute approximate surface area is 173 Å². The lowest BCUT2D eigenvalue weighted by Gasteiger charge is -2.29. The van der Waals surface area contributed by atoms with E-state index < -0.39 is 0 Å². The number of rotatable bonds is 7. The van der Waals surface area contributed by atoms with Crippen LogP contribution in [0.15, 0.2) is 54.6 Å². The third-order valence-electron chi connectivity index (χ3n) is 6.23. The largest absolute Gasteiger partial charge is 0.497 e. The lowest BCUT2D eigenvalue weighted by atomic mass is 9.89. The molecule has 2 aromatic rings. The summed E-state index contributed by atoms with van der Waals surface area (Å²) < 4.78 is 11.1. The summed E-state index contributed by atoms with van der Waals surface area (Å²) in [5, 5.41) is 0. The average molecular weight is 395 g/mol. The van der Waals surface area contributed by atoms with Gasteiger partial charge in [-0.3, -0.25) is 4.79 Å². The quantitative estimate of drug-likeness (QED) is 0.673. The maximum absolute atomic E-state index is 12.3. The minimum atomic E-state index is 0.161. The first-order valence-electron chi connectivity index (χ1n) is 10.5. The number of benzene rings is 2. The zero-order valence-corrected chi connectivity index (χ0v) is 17.3. The summed E-state index contributed by atoms with van der Waals surface area (Å²) in [6.07, 6.45) is 1.01. The van der Waals surface area contributed by atoms with E-state index in [1.165, 1.54) is 5.56 Å². The minimum absolute atomic E-state index is 0.161. The first kappa shape index (κ1) is 19.8. The van der Waals surface area contributed by atoms with Gasteiger partial charge in [0.1, 0.15) is 11.5 Å². The number of hydrogen-bond donors (Lipinski definition) is 0. The molecule has 0 bridgehead atoms. The van der Waals surface area contributed by atoms with E-state index >= 15 is 0 Å². The van der Waals surface area contributed by atoms with Crippen molar-refractivity contribution >= 4 is 5.91 Å². The van der Waals surface area contributed by atoms with Crippen molar-refractivity contribution in [2.45, 2.75) is 19.4 Å². The molecular weight excluding hydrogens is 364 g/mol. The van der Waals surface area contributed by atoms with Gasteiger partial charge in [-0.15, -0.1) is 0 Å². The number of nitrogens with zero attached hydrogens (tertiary/aromatic N) is 2. The second-order valence-corrected chi connectivity index (χ2v) is 8.09. The topological polar surface area (TPSA) is 42.0 Å². The highest BCUT2D eigenvalue weighted by Crippen LogP contribution is 2.45. The molecule has 5 heteroatoms. The van der Waals surface area contributed by atoms with Crippen LogP contribution in [0.3, 0.4) is 0 Å². The van der Waals surface area contributed by atoms with E-state index in [1.807, 2.05) is 42.5 Å². The molecule has 0 aliphatic carbocycles. The molecule has 2 aliphatic rings. The number of hydrogen-bond acceptors (Lipinski definition) is 4. The van der Waals surface area contributed by atoms with E-state index in [9.17, 15) is 4.79 Å². The van der Waals surface area contributed by atoms with Crippen molar-refractivity contribution in [3.05, 3.63) is 60.2 Å². The highest BCUT2D eigenvalue weighted by molar-refractivity contribution is 5.74. The fraction of sp³-hybridized carbons (Fsp3) is 0.458. The molecule has 3 atom stereocenters. The van der Waals surface area contributed by atoms with Crippen molar-refractivity contribution < 1.29 is 14.3 Å². The highest BCUT2D eigenvalue weighted by atomic mass is 16.5. The van der Waals surface area contributed by atoms with Crippen molar-refractivity contribution in [2.24, 2.45) is 11.8 Å². The van der Waals surface area contributed by atoms with Gasteiger partial charge in [0.25, 0.3) is 0 Å². The molecule has 2 saturated heterocycles. The van der Waals surface area contributed by atoms with Crippen LogP contribution >= 0.6 is 0 Å². The van der Waals surface area contributed by atoms with E-state index in [1.54, 1.807) is 14.0 Å². The molecular formula is C24H30N2O3. The highest BCUT2D eigenvalue weighted by Gasteiger charge is 2.48. The number of para-hydroxylation sites is 1. The molecule has 2 aliphatic heterocycles. The molecule has 5 nitrogen and oxygen atoms in total. The minimum Gasteiger partial charge on any atom is -0.497 e. The predicted octanol–water partition coefficient (Wildman–Crippen LogP) is 3.62. The van der Waals surface area contributed by atoms with Crippen LogP contribution < -0.4 is 9.47 Å². The van der Waals surface area contributed by atoms with Gasteiger partial charge in [-0.2, -0.15) is 0 Å². The first-order valence-corrected chi connectivity index (χ1v) is 10.5. The number of carbonyl (C=O) groups excluding carboxylic acids is 1. The molecule has 1 amide bonds. The molecule has 2 fully saturated rings. The molecule has 0 saturated carbocycles. The predicted molar refractivity (Wildman–Crippen MR) is 113 cm³/mol. The van der Waals surface area contributed by atoms with Gasteiger partial charge in [0.15, 0.2) is 0 Å².